The van der Waals surface area contributed by atoms with Crippen LogP contribution < -0.4 is 18.9 Å². The van der Waals surface area contributed by atoms with E-state index in [2.05, 4.69) is 0 Å². The molecule has 30 heavy (non-hydrogen) atoms. The molecule has 0 atom stereocenters. The van der Waals surface area contributed by atoms with Crippen LogP contribution in [0.5, 0.6) is 46.0 Å². The minimum atomic E-state index is -0.136. The fraction of sp³-hybridized carbons (Fsp3) is 0.0833. The Morgan fingerprint density at radius 2 is 0.833 bits per heavy atom. The van der Waals surface area contributed by atoms with Crippen molar-refractivity contribution >= 4 is 10.8 Å². The third-order valence-corrected chi connectivity index (χ3v) is 4.63. The maximum absolute atomic E-state index is 10.9. The Hall–Kier alpha value is -4.06. The lowest BCUT2D eigenvalue weighted by atomic mass is 10.1. The van der Waals surface area contributed by atoms with Crippen LogP contribution in [0.2, 0.25) is 0 Å². The molecule has 0 heterocycles. The Morgan fingerprint density at radius 3 is 1.17 bits per heavy atom. The van der Waals surface area contributed by atoms with Crippen LogP contribution in [0.15, 0.2) is 72.8 Å². The van der Waals surface area contributed by atoms with Crippen LogP contribution in [-0.2, 0) is 0 Å². The van der Waals surface area contributed by atoms with Crippen LogP contribution >= 0.6 is 0 Å². The molecule has 0 saturated heterocycles. The third kappa shape index (κ3) is 3.63. The Bertz CT molecular complexity index is 1070. The molecule has 0 bridgehead atoms. The van der Waals surface area contributed by atoms with Gasteiger partial charge in [-0.15, -0.1) is 0 Å². The average Bonchev–Trinajstić information content (AvgIpc) is 2.80. The number of hydrogen-bond donors (Lipinski definition) is 2. The maximum Gasteiger partial charge on any atom is 0.216 e. The largest absolute Gasteiger partial charge is 0.504 e. The van der Waals surface area contributed by atoms with E-state index in [0.29, 0.717) is 33.8 Å². The summed E-state index contributed by atoms with van der Waals surface area (Å²) in [5.41, 5.74) is 0. The number of phenols is 2. The van der Waals surface area contributed by atoms with Crippen molar-refractivity contribution in [3.63, 3.8) is 0 Å². The van der Waals surface area contributed by atoms with Crippen molar-refractivity contribution in [2.45, 2.75) is 0 Å². The molecule has 4 aromatic carbocycles. The molecule has 0 fully saturated rings. The molecule has 0 unspecified atom stereocenters. The van der Waals surface area contributed by atoms with Crippen molar-refractivity contribution in [1.29, 1.82) is 0 Å². The number of fused-ring (bicyclic) bond motifs is 1. The van der Waals surface area contributed by atoms with E-state index in [1.807, 2.05) is 0 Å². The Balaban J connectivity index is 1.82. The lowest BCUT2D eigenvalue weighted by Crippen LogP contribution is -1.94. The van der Waals surface area contributed by atoms with Crippen LogP contribution in [0, 0.1) is 0 Å². The molecule has 0 aliphatic heterocycles. The molecule has 6 heteroatoms. The van der Waals surface area contributed by atoms with Gasteiger partial charge in [0, 0.05) is 10.8 Å². The van der Waals surface area contributed by atoms with Gasteiger partial charge < -0.3 is 29.2 Å². The van der Waals surface area contributed by atoms with Gasteiger partial charge in [0.25, 0.3) is 0 Å². The van der Waals surface area contributed by atoms with E-state index in [1.54, 1.807) is 87.0 Å². The number of benzene rings is 4. The van der Waals surface area contributed by atoms with Gasteiger partial charge in [-0.3, -0.25) is 0 Å². The molecule has 0 amide bonds. The minimum Gasteiger partial charge on any atom is -0.504 e. The van der Waals surface area contributed by atoms with Gasteiger partial charge in [0.1, 0.15) is 23.0 Å². The molecular weight excluding hydrogens is 384 g/mol. The molecule has 0 radical (unpaired) electrons. The monoisotopic (exact) mass is 404 g/mol. The summed E-state index contributed by atoms with van der Waals surface area (Å²) >= 11 is 0. The number of methoxy groups -OCH3 is 2. The highest BCUT2D eigenvalue weighted by molar-refractivity contribution is 5.98. The smallest absolute Gasteiger partial charge is 0.216 e. The van der Waals surface area contributed by atoms with E-state index in [9.17, 15) is 10.2 Å². The van der Waals surface area contributed by atoms with Gasteiger partial charge in [-0.25, -0.2) is 0 Å². The summed E-state index contributed by atoms with van der Waals surface area (Å²) in [5.74, 6) is 1.97. The summed E-state index contributed by atoms with van der Waals surface area (Å²) in [4.78, 5) is 0. The molecule has 0 saturated carbocycles. The summed E-state index contributed by atoms with van der Waals surface area (Å²) in [5, 5.41) is 22.7. The first kappa shape index (κ1) is 19.3. The van der Waals surface area contributed by atoms with Crippen molar-refractivity contribution < 1.29 is 29.2 Å². The van der Waals surface area contributed by atoms with Crippen molar-refractivity contribution in [3.05, 3.63) is 72.8 Å². The summed E-state index contributed by atoms with van der Waals surface area (Å²) in [6.45, 7) is 0. The number of aromatic hydroxyl groups is 2. The minimum absolute atomic E-state index is 0.00665. The lowest BCUT2D eigenvalue weighted by molar-refractivity contribution is 0.362. The highest BCUT2D eigenvalue weighted by atomic mass is 16.5. The lowest BCUT2D eigenvalue weighted by Gasteiger charge is -2.17. The van der Waals surface area contributed by atoms with E-state index in [1.165, 1.54) is 0 Å². The van der Waals surface area contributed by atoms with E-state index in [-0.39, 0.29) is 23.0 Å². The average molecular weight is 404 g/mol. The molecule has 0 aromatic heterocycles. The molecule has 4 aromatic rings. The molecular formula is C24H20O6. The number of hydrogen-bond acceptors (Lipinski definition) is 6. The first-order chi connectivity index (χ1) is 14.6. The highest BCUT2D eigenvalue weighted by Gasteiger charge is 2.23. The second-order valence-corrected chi connectivity index (χ2v) is 6.46. The Morgan fingerprint density at radius 1 is 0.500 bits per heavy atom. The van der Waals surface area contributed by atoms with Gasteiger partial charge in [0.15, 0.2) is 11.5 Å². The molecule has 4 rings (SSSR count). The molecule has 0 spiro atoms. The summed E-state index contributed by atoms with van der Waals surface area (Å²) < 4.78 is 22.2. The van der Waals surface area contributed by atoms with Gasteiger partial charge in [0.2, 0.25) is 11.5 Å². The number of ether oxygens (including phenoxy) is 4. The fourth-order valence-corrected chi connectivity index (χ4v) is 3.07. The quantitative estimate of drug-likeness (QED) is 0.392. The zero-order chi connectivity index (χ0) is 21.1. The van der Waals surface area contributed by atoms with Gasteiger partial charge in [-0.05, 0) is 48.5 Å². The third-order valence-electron chi connectivity index (χ3n) is 4.63. The highest BCUT2D eigenvalue weighted by Crippen LogP contribution is 2.52. The van der Waals surface area contributed by atoms with E-state index in [0.717, 1.165) is 0 Å². The molecule has 0 aliphatic rings. The topological polar surface area (TPSA) is 77.4 Å². The summed E-state index contributed by atoms with van der Waals surface area (Å²) in [7, 11) is 3.15. The first-order valence-corrected chi connectivity index (χ1v) is 9.21. The standard InChI is InChI=1S/C24H20O6/c1-27-15-7-11-17(12-8-15)29-23-21(25)19-5-3-4-6-20(19)22(26)24(23)30-18-13-9-16(28-2)10-14-18/h3-14,25-26H,1-2H3. The molecule has 152 valence electrons. The van der Waals surface area contributed by atoms with Gasteiger partial charge in [-0.1, -0.05) is 24.3 Å². The zero-order valence-corrected chi connectivity index (χ0v) is 16.5. The second kappa shape index (κ2) is 8.13. The molecule has 0 aliphatic carbocycles. The van der Waals surface area contributed by atoms with Crippen LogP contribution in [0.25, 0.3) is 10.8 Å². The van der Waals surface area contributed by atoms with Crippen LogP contribution in [0.4, 0.5) is 0 Å². The predicted molar refractivity (Wildman–Crippen MR) is 113 cm³/mol. The van der Waals surface area contributed by atoms with Gasteiger partial charge >= 0.3 is 0 Å². The SMILES string of the molecule is COc1ccc(Oc2c(Oc3ccc(OC)cc3)c(O)c3ccccc3c2O)cc1. The summed E-state index contributed by atoms with van der Waals surface area (Å²) in [6, 6.07) is 20.6. The van der Waals surface area contributed by atoms with Crippen molar-refractivity contribution in [3.8, 4) is 46.0 Å². The fourth-order valence-electron chi connectivity index (χ4n) is 3.07. The Labute approximate surface area is 173 Å². The van der Waals surface area contributed by atoms with Crippen molar-refractivity contribution in [2.24, 2.45) is 0 Å². The number of phenolic OH excluding ortho intramolecular Hbond substituents is 2. The predicted octanol–water partition coefficient (Wildman–Crippen LogP) is 5.85. The van der Waals surface area contributed by atoms with Gasteiger partial charge in [-0.2, -0.15) is 0 Å². The second-order valence-electron chi connectivity index (χ2n) is 6.46. The number of rotatable bonds is 6. The van der Waals surface area contributed by atoms with E-state index in [4.69, 9.17) is 18.9 Å². The maximum atomic E-state index is 10.9. The normalized spacial score (nSPS) is 10.6. The van der Waals surface area contributed by atoms with E-state index < -0.39 is 0 Å². The van der Waals surface area contributed by atoms with Crippen molar-refractivity contribution in [2.75, 3.05) is 14.2 Å². The van der Waals surface area contributed by atoms with Crippen molar-refractivity contribution in [1.82, 2.24) is 0 Å². The zero-order valence-electron chi connectivity index (χ0n) is 16.5. The Kier molecular flexibility index (Phi) is 5.22. The van der Waals surface area contributed by atoms with E-state index >= 15 is 0 Å². The van der Waals surface area contributed by atoms with Crippen LogP contribution in [-0.4, -0.2) is 24.4 Å². The van der Waals surface area contributed by atoms with Gasteiger partial charge in [0.05, 0.1) is 14.2 Å². The summed E-state index contributed by atoms with van der Waals surface area (Å²) in [6.07, 6.45) is 0. The molecule has 6 nitrogen and oxygen atoms in total. The van der Waals surface area contributed by atoms with Crippen LogP contribution in [0.3, 0.4) is 0 Å². The molecule has 2 N–H and O–H groups in total. The van der Waals surface area contributed by atoms with Crippen LogP contribution in [0.1, 0.15) is 0 Å². The first-order valence-electron chi connectivity index (χ1n) is 9.21.